The summed E-state index contributed by atoms with van der Waals surface area (Å²) in [7, 11) is 2.32. The number of nitrogens with one attached hydrogen (secondary N) is 2. The molecule has 13 heavy (non-hydrogen) atoms. The summed E-state index contributed by atoms with van der Waals surface area (Å²) < 4.78 is 0. The molecule has 0 fully saturated rings. The molecular formula is C8H17N2O2P. The van der Waals surface area contributed by atoms with Gasteiger partial charge in [0.1, 0.15) is 6.29 Å². The molecule has 0 heterocycles. The van der Waals surface area contributed by atoms with Crippen molar-refractivity contribution in [2.45, 2.75) is 32.2 Å². The first kappa shape index (κ1) is 12.5. The van der Waals surface area contributed by atoms with Crippen LogP contribution in [-0.4, -0.2) is 24.8 Å². The molecule has 0 aliphatic rings. The summed E-state index contributed by atoms with van der Waals surface area (Å²) in [5, 5.41) is 5.52. The third-order valence-electron chi connectivity index (χ3n) is 1.69. The number of carbonyl (C=O) groups excluding carboxylic acids is 2. The first-order chi connectivity index (χ1) is 6.20. The molecule has 0 aliphatic heterocycles. The summed E-state index contributed by atoms with van der Waals surface area (Å²) in [4.78, 5) is 20.8. The molecule has 0 rings (SSSR count). The van der Waals surface area contributed by atoms with E-state index in [1.54, 1.807) is 0 Å². The summed E-state index contributed by atoms with van der Waals surface area (Å²) in [5.41, 5.74) is 0. The molecule has 2 N–H and O–H groups in total. The molecule has 0 bridgehead atoms. The Kier molecular flexibility index (Phi) is 7.85. The Morgan fingerprint density at radius 1 is 1.54 bits per heavy atom. The number of carbonyl (C=O) groups is 2. The number of hydrogen-bond acceptors (Lipinski definition) is 3. The highest BCUT2D eigenvalue weighted by atomic mass is 31.0. The van der Waals surface area contributed by atoms with E-state index in [1.807, 2.05) is 0 Å². The zero-order valence-corrected chi connectivity index (χ0v) is 9.03. The molecule has 0 saturated carbocycles. The van der Waals surface area contributed by atoms with Gasteiger partial charge >= 0.3 is 0 Å². The fourth-order valence-electron chi connectivity index (χ4n) is 0.944. The van der Waals surface area contributed by atoms with Crippen molar-refractivity contribution in [1.29, 1.82) is 0 Å². The molecule has 0 spiro atoms. The lowest BCUT2D eigenvalue weighted by Gasteiger charge is -2.07. The topological polar surface area (TPSA) is 58.2 Å². The van der Waals surface area contributed by atoms with E-state index in [1.165, 1.54) is 6.92 Å². The van der Waals surface area contributed by atoms with Crippen LogP contribution >= 0.6 is 9.39 Å². The Morgan fingerprint density at radius 2 is 2.23 bits per heavy atom. The van der Waals surface area contributed by atoms with E-state index in [9.17, 15) is 9.59 Å². The maximum Gasteiger partial charge on any atom is 0.216 e. The molecule has 0 aromatic rings. The van der Waals surface area contributed by atoms with E-state index >= 15 is 0 Å². The second kappa shape index (κ2) is 8.14. The fraction of sp³-hybridized carbons (Fsp3) is 0.750. The van der Waals surface area contributed by atoms with E-state index in [4.69, 9.17) is 0 Å². The minimum absolute atomic E-state index is 0.00360. The number of amides is 1. The third kappa shape index (κ3) is 7.88. The summed E-state index contributed by atoms with van der Waals surface area (Å²) >= 11 is 0. The first-order valence-corrected chi connectivity index (χ1v) is 4.94. The lowest BCUT2D eigenvalue weighted by atomic mass is 10.1. The Morgan fingerprint density at radius 3 is 2.69 bits per heavy atom. The van der Waals surface area contributed by atoms with Crippen LogP contribution in [-0.2, 0) is 9.59 Å². The van der Waals surface area contributed by atoms with Gasteiger partial charge in [-0.1, -0.05) is 9.39 Å². The van der Waals surface area contributed by atoms with Gasteiger partial charge in [0.15, 0.2) is 0 Å². The van der Waals surface area contributed by atoms with Crippen LogP contribution in [0.4, 0.5) is 0 Å². The molecule has 1 amide bonds. The maximum absolute atomic E-state index is 10.5. The summed E-state index contributed by atoms with van der Waals surface area (Å²) in [6.45, 7) is 2.19. The van der Waals surface area contributed by atoms with Gasteiger partial charge in [-0.25, -0.2) is 0 Å². The summed E-state index contributed by atoms with van der Waals surface area (Å²) in [6.07, 6.45) is 3.55. The minimum Gasteiger partial charge on any atom is -0.356 e. The highest BCUT2D eigenvalue weighted by Crippen LogP contribution is 1.99. The SMILES string of the molecule is CC(=O)NCCCC[C@@H](C=O)NP. The van der Waals surface area contributed by atoms with E-state index in [-0.39, 0.29) is 11.9 Å². The van der Waals surface area contributed by atoms with Gasteiger partial charge < -0.3 is 10.1 Å². The van der Waals surface area contributed by atoms with Crippen molar-refractivity contribution >= 4 is 21.6 Å². The standard InChI is InChI=1S/C8H17N2O2P/c1-7(12)9-5-3-2-4-8(6-11)10-13/h6,8,10H,2-5,13H2,1H3,(H,9,12)/t8-/m0/s1. The van der Waals surface area contributed by atoms with E-state index < -0.39 is 0 Å². The first-order valence-electron chi connectivity index (χ1n) is 4.36. The Labute approximate surface area is 81.1 Å². The van der Waals surface area contributed by atoms with Crippen LogP contribution in [0.1, 0.15) is 26.2 Å². The van der Waals surface area contributed by atoms with Gasteiger partial charge in [0, 0.05) is 13.5 Å². The zero-order chi connectivity index (χ0) is 10.1. The number of aldehydes is 1. The second-order valence-corrected chi connectivity index (χ2v) is 3.22. The molecular weight excluding hydrogens is 187 g/mol. The van der Waals surface area contributed by atoms with E-state index in [2.05, 4.69) is 19.8 Å². The van der Waals surface area contributed by atoms with Crippen molar-refractivity contribution in [2.75, 3.05) is 6.54 Å². The van der Waals surface area contributed by atoms with Crippen LogP contribution in [0.25, 0.3) is 0 Å². The van der Waals surface area contributed by atoms with Crippen LogP contribution < -0.4 is 10.4 Å². The predicted octanol–water partition coefficient (Wildman–Crippen LogP) is 0.240. The van der Waals surface area contributed by atoms with Crippen molar-refractivity contribution in [1.82, 2.24) is 10.4 Å². The second-order valence-electron chi connectivity index (χ2n) is 2.89. The molecule has 0 saturated heterocycles. The lowest BCUT2D eigenvalue weighted by Crippen LogP contribution is -2.23. The smallest absolute Gasteiger partial charge is 0.216 e. The molecule has 0 aliphatic carbocycles. The van der Waals surface area contributed by atoms with Gasteiger partial charge in [-0.15, -0.1) is 0 Å². The van der Waals surface area contributed by atoms with Crippen molar-refractivity contribution in [3.63, 3.8) is 0 Å². The molecule has 5 heteroatoms. The van der Waals surface area contributed by atoms with Crippen LogP contribution in [0.15, 0.2) is 0 Å². The Balaban J connectivity index is 3.24. The summed E-state index contributed by atoms with van der Waals surface area (Å²) in [6, 6.07) is -0.0812. The lowest BCUT2D eigenvalue weighted by molar-refractivity contribution is -0.119. The van der Waals surface area contributed by atoms with Gasteiger partial charge in [-0.3, -0.25) is 9.88 Å². The normalized spacial score (nSPS) is 12.2. The van der Waals surface area contributed by atoms with E-state index in [0.29, 0.717) is 6.54 Å². The van der Waals surface area contributed by atoms with Gasteiger partial charge in [0.25, 0.3) is 0 Å². The van der Waals surface area contributed by atoms with Gasteiger partial charge in [0.05, 0.1) is 6.04 Å². The van der Waals surface area contributed by atoms with Crippen LogP contribution in [0.2, 0.25) is 0 Å². The van der Waals surface area contributed by atoms with Crippen LogP contribution in [0, 0.1) is 0 Å². The van der Waals surface area contributed by atoms with Crippen LogP contribution in [0.3, 0.4) is 0 Å². The van der Waals surface area contributed by atoms with Crippen molar-refractivity contribution in [3.05, 3.63) is 0 Å². The molecule has 0 aromatic heterocycles. The quantitative estimate of drug-likeness (QED) is 0.355. The average Bonchev–Trinajstić information content (AvgIpc) is 2.11. The monoisotopic (exact) mass is 204 g/mol. The highest BCUT2D eigenvalue weighted by Gasteiger charge is 2.02. The summed E-state index contributed by atoms with van der Waals surface area (Å²) in [5.74, 6) is -0.00360. The van der Waals surface area contributed by atoms with Crippen molar-refractivity contribution in [3.8, 4) is 0 Å². The van der Waals surface area contributed by atoms with Gasteiger partial charge in [0.2, 0.25) is 5.91 Å². The zero-order valence-electron chi connectivity index (χ0n) is 7.88. The average molecular weight is 204 g/mol. The number of rotatable bonds is 7. The molecule has 1 unspecified atom stereocenters. The molecule has 2 atom stereocenters. The maximum atomic E-state index is 10.5. The van der Waals surface area contributed by atoms with Gasteiger partial charge in [-0.05, 0) is 19.3 Å². The van der Waals surface area contributed by atoms with Crippen LogP contribution in [0.5, 0.6) is 0 Å². The molecule has 4 nitrogen and oxygen atoms in total. The number of unbranched alkanes of at least 4 members (excludes halogenated alkanes) is 1. The molecule has 0 radical (unpaired) electrons. The van der Waals surface area contributed by atoms with Gasteiger partial charge in [-0.2, -0.15) is 0 Å². The predicted molar refractivity (Wildman–Crippen MR) is 55.2 cm³/mol. The Bertz CT molecular complexity index is 164. The Hall–Kier alpha value is -0.470. The molecule has 76 valence electrons. The third-order valence-corrected chi connectivity index (χ3v) is 2.12. The number of hydrogen-bond donors (Lipinski definition) is 2. The molecule has 0 aromatic carbocycles. The van der Waals surface area contributed by atoms with Crippen molar-refractivity contribution in [2.24, 2.45) is 0 Å². The fourth-order valence-corrected chi connectivity index (χ4v) is 1.19. The van der Waals surface area contributed by atoms with E-state index in [0.717, 1.165) is 25.5 Å². The highest BCUT2D eigenvalue weighted by molar-refractivity contribution is 7.13. The van der Waals surface area contributed by atoms with Crippen molar-refractivity contribution < 1.29 is 9.59 Å². The largest absolute Gasteiger partial charge is 0.356 e. The minimum atomic E-state index is -0.0812.